The molecule has 6 heteroatoms. The van der Waals surface area contributed by atoms with Gasteiger partial charge in [0.15, 0.2) is 0 Å². The van der Waals surface area contributed by atoms with E-state index in [0.717, 1.165) is 35.7 Å². The lowest BCUT2D eigenvalue weighted by Crippen LogP contribution is -2.54. The molecule has 0 radical (unpaired) electrons. The topological polar surface area (TPSA) is 53.6 Å². The molecule has 2 aliphatic heterocycles. The predicted octanol–water partition coefficient (Wildman–Crippen LogP) is 0.966. The molecule has 0 amide bonds. The minimum atomic E-state index is 0.729. The van der Waals surface area contributed by atoms with E-state index in [1.54, 1.807) is 0 Å². The van der Waals surface area contributed by atoms with E-state index in [1.807, 2.05) is 29.2 Å². The summed E-state index contributed by atoms with van der Waals surface area (Å²) in [5, 5.41) is 8.08. The number of aromatic nitrogens is 2. The van der Waals surface area contributed by atoms with Crippen LogP contribution in [0.1, 0.15) is 12.8 Å². The maximum atomic E-state index is 5.94. The van der Waals surface area contributed by atoms with Crippen molar-refractivity contribution in [3.8, 4) is 0 Å². The minimum Gasteiger partial charge on any atom is -0.399 e. The van der Waals surface area contributed by atoms with Crippen molar-refractivity contribution in [2.45, 2.75) is 18.9 Å². The van der Waals surface area contributed by atoms with Crippen molar-refractivity contribution in [3.63, 3.8) is 0 Å². The molecule has 1 aromatic heterocycles. The lowest BCUT2D eigenvalue weighted by Gasteiger charge is -2.42. The summed E-state index contributed by atoms with van der Waals surface area (Å²) in [4.78, 5) is 7.15. The van der Waals surface area contributed by atoms with E-state index in [9.17, 15) is 0 Å². The first kappa shape index (κ1) is 14.8. The molecule has 0 bridgehead atoms. The van der Waals surface area contributed by atoms with E-state index < -0.39 is 0 Å². The first-order chi connectivity index (χ1) is 11.2. The number of benzene rings is 1. The molecule has 0 spiro atoms. The van der Waals surface area contributed by atoms with Crippen LogP contribution in [-0.4, -0.2) is 72.0 Å². The largest absolute Gasteiger partial charge is 0.399 e. The molecule has 6 nitrogen and oxygen atoms in total. The van der Waals surface area contributed by atoms with Crippen LogP contribution < -0.4 is 10.7 Å². The highest BCUT2D eigenvalue weighted by molar-refractivity contribution is 5.82. The Bertz CT molecular complexity index is 665. The van der Waals surface area contributed by atoms with Crippen LogP contribution in [-0.2, 0) is 0 Å². The van der Waals surface area contributed by atoms with Gasteiger partial charge < -0.3 is 10.6 Å². The SMILES string of the molecule is CN1CCN(C2CCN(n3ncc4ccc(N)cc43)CC2)CC1. The van der Waals surface area contributed by atoms with Gasteiger partial charge in [-0.3, -0.25) is 9.91 Å². The van der Waals surface area contributed by atoms with Gasteiger partial charge in [0, 0.05) is 56.4 Å². The van der Waals surface area contributed by atoms with E-state index in [0.29, 0.717) is 0 Å². The van der Waals surface area contributed by atoms with Crippen LogP contribution in [0, 0.1) is 0 Å². The molecular formula is C17H26N6. The zero-order valence-corrected chi connectivity index (χ0v) is 13.9. The monoisotopic (exact) mass is 314 g/mol. The maximum Gasteiger partial charge on any atom is 0.0941 e. The van der Waals surface area contributed by atoms with Crippen LogP contribution in [0.25, 0.3) is 10.9 Å². The highest BCUT2D eigenvalue weighted by atomic mass is 15.7. The fourth-order valence-corrected chi connectivity index (χ4v) is 3.84. The van der Waals surface area contributed by atoms with Crippen molar-refractivity contribution in [1.82, 2.24) is 19.7 Å². The molecule has 124 valence electrons. The van der Waals surface area contributed by atoms with Crippen LogP contribution in [0.5, 0.6) is 0 Å². The zero-order valence-electron chi connectivity index (χ0n) is 13.9. The normalized spacial score (nSPS) is 22.0. The number of piperidine rings is 1. The Morgan fingerprint density at radius 3 is 2.52 bits per heavy atom. The van der Waals surface area contributed by atoms with Crippen molar-refractivity contribution >= 4 is 16.6 Å². The molecule has 2 aromatic rings. The molecule has 0 aliphatic carbocycles. The fourth-order valence-electron chi connectivity index (χ4n) is 3.84. The summed E-state index contributed by atoms with van der Waals surface area (Å²) in [6.07, 6.45) is 4.36. The molecule has 4 rings (SSSR count). The van der Waals surface area contributed by atoms with Crippen LogP contribution in [0.15, 0.2) is 24.4 Å². The predicted molar refractivity (Wildman–Crippen MR) is 94.2 cm³/mol. The number of hydrogen-bond donors (Lipinski definition) is 1. The van der Waals surface area contributed by atoms with E-state index in [4.69, 9.17) is 5.73 Å². The Kier molecular flexibility index (Phi) is 3.87. The molecular weight excluding hydrogens is 288 g/mol. The molecule has 23 heavy (non-hydrogen) atoms. The summed E-state index contributed by atoms with van der Waals surface area (Å²) in [7, 11) is 2.22. The molecule has 2 saturated heterocycles. The third kappa shape index (κ3) is 2.88. The number of hydrogen-bond acceptors (Lipinski definition) is 5. The number of nitrogens with zero attached hydrogens (tertiary/aromatic N) is 5. The Labute approximate surface area is 137 Å². The molecule has 3 heterocycles. The molecule has 1 aromatic carbocycles. The number of piperazine rings is 1. The van der Waals surface area contributed by atoms with Crippen LogP contribution >= 0.6 is 0 Å². The first-order valence-corrected chi connectivity index (χ1v) is 8.62. The quantitative estimate of drug-likeness (QED) is 0.837. The molecule has 2 fully saturated rings. The average Bonchev–Trinajstić information content (AvgIpc) is 2.99. The van der Waals surface area contributed by atoms with Gasteiger partial charge in [-0.2, -0.15) is 9.89 Å². The second-order valence-electron chi connectivity index (χ2n) is 6.88. The van der Waals surface area contributed by atoms with E-state index in [1.165, 1.54) is 39.0 Å². The minimum absolute atomic E-state index is 0.729. The van der Waals surface area contributed by atoms with Crippen LogP contribution in [0.4, 0.5) is 5.69 Å². The second kappa shape index (κ2) is 6.02. The van der Waals surface area contributed by atoms with Crippen molar-refractivity contribution in [3.05, 3.63) is 24.4 Å². The lowest BCUT2D eigenvalue weighted by molar-refractivity contribution is 0.0950. The van der Waals surface area contributed by atoms with Crippen molar-refractivity contribution in [1.29, 1.82) is 0 Å². The molecule has 2 N–H and O–H groups in total. The lowest BCUT2D eigenvalue weighted by atomic mass is 10.0. The zero-order chi connectivity index (χ0) is 15.8. The fraction of sp³-hybridized carbons (Fsp3) is 0.588. The first-order valence-electron chi connectivity index (χ1n) is 8.62. The third-order valence-electron chi connectivity index (χ3n) is 5.34. The Balaban J connectivity index is 1.43. The van der Waals surface area contributed by atoms with Gasteiger partial charge in [-0.15, -0.1) is 0 Å². The Hall–Kier alpha value is -1.79. The Morgan fingerprint density at radius 2 is 1.78 bits per heavy atom. The van der Waals surface area contributed by atoms with Gasteiger partial charge in [-0.05, 0) is 38.1 Å². The molecule has 0 atom stereocenters. The van der Waals surface area contributed by atoms with Crippen molar-refractivity contribution in [2.24, 2.45) is 0 Å². The smallest absolute Gasteiger partial charge is 0.0941 e. The van der Waals surface area contributed by atoms with Gasteiger partial charge >= 0.3 is 0 Å². The van der Waals surface area contributed by atoms with Crippen LogP contribution in [0.2, 0.25) is 0 Å². The number of rotatable bonds is 2. The van der Waals surface area contributed by atoms with E-state index >= 15 is 0 Å². The molecule has 0 unspecified atom stereocenters. The number of nitrogens with two attached hydrogens (primary N) is 1. The van der Waals surface area contributed by atoms with E-state index in [2.05, 4.69) is 27.0 Å². The maximum absolute atomic E-state index is 5.94. The van der Waals surface area contributed by atoms with Gasteiger partial charge in [-0.25, -0.2) is 0 Å². The summed E-state index contributed by atoms with van der Waals surface area (Å²) in [6.45, 7) is 6.93. The van der Waals surface area contributed by atoms with Crippen molar-refractivity contribution < 1.29 is 0 Å². The number of anilines is 1. The summed E-state index contributed by atoms with van der Waals surface area (Å²) in [5.41, 5.74) is 7.85. The average molecular weight is 314 g/mol. The number of fused-ring (bicyclic) bond motifs is 1. The molecule has 2 aliphatic rings. The summed E-state index contributed by atoms with van der Waals surface area (Å²) in [5.74, 6) is 0. The van der Waals surface area contributed by atoms with Crippen molar-refractivity contribution in [2.75, 3.05) is 57.1 Å². The van der Waals surface area contributed by atoms with Gasteiger partial charge in [-0.1, -0.05) is 0 Å². The number of nitrogen functional groups attached to an aromatic ring is 1. The van der Waals surface area contributed by atoms with E-state index in [-0.39, 0.29) is 0 Å². The van der Waals surface area contributed by atoms with Gasteiger partial charge in [0.2, 0.25) is 0 Å². The van der Waals surface area contributed by atoms with Gasteiger partial charge in [0.1, 0.15) is 0 Å². The number of likely N-dealkylation sites (N-methyl/N-ethyl adjacent to an activating group) is 1. The summed E-state index contributed by atoms with van der Waals surface area (Å²) in [6, 6.07) is 6.74. The summed E-state index contributed by atoms with van der Waals surface area (Å²) < 4.78 is 0. The molecule has 0 saturated carbocycles. The highest BCUT2D eigenvalue weighted by Gasteiger charge is 2.27. The third-order valence-corrected chi connectivity index (χ3v) is 5.34. The van der Waals surface area contributed by atoms with Crippen LogP contribution in [0.3, 0.4) is 0 Å². The Morgan fingerprint density at radius 1 is 1.04 bits per heavy atom. The standard InChI is InChI=1S/C17H26N6/c1-20-8-10-21(11-9-20)16-4-6-22(7-5-16)23-17-12-15(18)3-2-14(17)13-19-23/h2-3,12-13,16H,4-11,18H2,1H3. The van der Waals surface area contributed by atoms with Gasteiger partial charge in [0.05, 0.1) is 11.7 Å². The summed E-state index contributed by atoms with van der Waals surface area (Å²) >= 11 is 0. The second-order valence-corrected chi connectivity index (χ2v) is 6.88. The van der Waals surface area contributed by atoms with Gasteiger partial charge in [0.25, 0.3) is 0 Å². The highest BCUT2D eigenvalue weighted by Crippen LogP contribution is 2.21.